The van der Waals surface area contributed by atoms with E-state index in [1.165, 1.54) is 11.1 Å². The highest BCUT2D eigenvalue weighted by molar-refractivity contribution is 6.06. The fourth-order valence-corrected chi connectivity index (χ4v) is 6.16. The van der Waals surface area contributed by atoms with Crippen LogP contribution in [0.2, 0.25) is 0 Å². The van der Waals surface area contributed by atoms with Crippen LogP contribution in [0.5, 0.6) is 11.5 Å². The first-order valence-electron chi connectivity index (χ1n) is 17.3. The summed E-state index contributed by atoms with van der Waals surface area (Å²) in [4.78, 5) is 40.6. The first-order valence-corrected chi connectivity index (χ1v) is 17.3. The minimum atomic E-state index is -0.574. The van der Waals surface area contributed by atoms with E-state index < -0.39 is 11.0 Å². The number of hydrogen-bond donors (Lipinski definition) is 1. The Balaban J connectivity index is 1.50. The number of nitrogens with zero attached hydrogens (tertiary/aromatic N) is 1. The number of methoxy groups -OCH3 is 1. The lowest BCUT2D eigenvalue weighted by Crippen LogP contribution is -2.45. The Morgan fingerprint density at radius 1 is 0.857 bits per heavy atom. The van der Waals surface area contributed by atoms with Crippen molar-refractivity contribution in [3.8, 4) is 11.5 Å². The van der Waals surface area contributed by atoms with Gasteiger partial charge in [0.1, 0.15) is 17.1 Å². The normalized spacial score (nSPS) is 14.9. The van der Waals surface area contributed by atoms with Gasteiger partial charge in [-0.15, -0.1) is 0 Å². The van der Waals surface area contributed by atoms with Gasteiger partial charge in [-0.05, 0) is 147 Å². The smallest absolute Gasteiger partial charge is 0.320 e. The quantitative estimate of drug-likeness (QED) is 0.164. The van der Waals surface area contributed by atoms with E-state index >= 15 is 0 Å². The zero-order valence-electron chi connectivity index (χ0n) is 31.0. The van der Waals surface area contributed by atoms with Gasteiger partial charge in [-0.1, -0.05) is 24.3 Å². The fourth-order valence-electron chi connectivity index (χ4n) is 6.16. The Kier molecular flexibility index (Phi) is 11.6. The molecule has 1 aliphatic carbocycles. The zero-order valence-corrected chi connectivity index (χ0v) is 31.0. The molecule has 0 aliphatic heterocycles. The molecule has 0 spiro atoms. The number of carbonyl (C=O) groups excluding carboxylic acids is 3. The van der Waals surface area contributed by atoms with E-state index in [2.05, 4.69) is 17.4 Å². The molecule has 264 valence electrons. The third-order valence-corrected chi connectivity index (χ3v) is 8.74. The van der Waals surface area contributed by atoms with E-state index in [9.17, 15) is 14.4 Å². The van der Waals surface area contributed by atoms with Crippen LogP contribution in [0.4, 0.5) is 5.69 Å². The van der Waals surface area contributed by atoms with Gasteiger partial charge >= 0.3 is 11.9 Å². The summed E-state index contributed by atoms with van der Waals surface area (Å²) in [7, 11) is 1.64. The molecule has 4 rings (SSSR count). The van der Waals surface area contributed by atoms with Crippen LogP contribution in [0.15, 0.2) is 60.7 Å². The summed E-state index contributed by atoms with van der Waals surface area (Å²) in [6.07, 6.45) is 3.24. The first kappa shape index (κ1) is 37.6. The molecule has 8 heteroatoms. The van der Waals surface area contributed by atoms with Crippen molar-refractivity contribution in [1.29, 1.82) is 0 Å². The Labute approximate surface area is 292 Å². The van der Waals surface area contributed by atoms with Crippen LogP contribution in [-0.2, 0) is 33.6 Å². The highest BCUT2D eigenvalue weighted by atomic mass is 16.6. The maximum Gasteiger partial charge on any atom is 0.320 e. The number of esters is 2. The molecule has 1 aliphatic rings. The van der Waals surface area contributed by atoms with E-state index in [1.807, 2.05) is 116 Å². The molecule has 1 amide bonds. The molecular formula is C41H54N2O6. The number of nitrogens with one attached hydrogen (secondary N) is 1. The number of fused-ring (bicyclic) bond motifs is 1. The second-order valence-electron chi connectivity index (χ2n) is 15.7. The Morgan fingerprint density at radius 2 is 1.53 bits per heavy atom. The van der Waals surface area contributed by atoms with Gasteiger partial charge in [0.05, 0.1) is 24.8 Å². The van der Waals surface area contributed by atoms with Crippen molar-refractivity contribution in [3.05, 3.63) is 88.5 Å². The summed E-state index contributed by atoms with van der Waals surface area (Å²) >= 11 is 0. The van der Waals surface area contributed by atoms with E-state index in [1.54, 1.807) is 7.11 Å². The molecule has 0 saturated heterocycles. The minimum absolute atomic E-state index is 0.0765. The van der Waals surface area contributed by atoms with Crippen LogP contribution in [0, 0.1) is 5.41 Å². The number of aryl methyl sites for hydroxylation is 1. The molecule has 3 aromatic carbocycles. The van der Waals surface area contributed by atoms with Gasteiger partial charge in [-0.25, -0.2) is 0 Å². The summed E-state index contributed by atoms with van der Waals surface area (Å²) < 4.78 is 16.7. The molecule has 49 heavy (non-hydrogen) atoms. The van der Waals surface area contributed by atoms with Crippen LogP contribution in [0.25, 0.3) is 0 Å². The van der Waals surface area contributed by atoms with Crippen molar-refractivity contribution in [3.63, 3.8) is 0 Å². The van der Waals surface area contributed by atoms with E-state index in [-0.39, 0.29) is 35.8 Å². The largest absolute Gasteiger partial charge is 0.497 e. The monoisotopic (exact) mass is 670 g/mol. The van der Waals surface area contributed by atoms with E-state index in [0.717, 1.165) is 36.1 Å². The molecule has 0 aromatic heterocycles. The van der Waals surface area contributed by atoms with Crippen molar-refractivity contribution in [2.75, 3.05) is 25.1 Å². The molecular weight excluding hydrogens is 616 g/mol. The molecule has 8 nitrogen and oxygen atoms in total. The molecule has 1 N–H and O–H groups in total. The Morgan fingerprint density at radius 3 is 2.14 bits per heavy atom. The zero-order chi connectivity index (χ0) is 36.1. The van der Waals surface area contributed by atoms with Gasteiger partial charge in [-0.2, -0.15) is 0 Å². The first-order chi connectivity index (χ1) is 22.9. The van der Waals surface area contributed by atoms with Crippen molar-refractivity contribution in [1.82, 2.24) is 5.32 Å². The van der Waals surface area contributed by atoms with Gasteiger partial charge < -0.3 is 24.4 Å². The highest BCUT2D eigenvalue weighted by Gasteiger charge is 2.29. The number of benzene rings is 3. The molecule has 0 fully saturated rings. The number of amides is 1. The van der Waals surface area contributed by atoms with Crippen molar-refractivity contribution >= 4 is 23.5 Å². The molecule has 1 atom stereocenters. The maximum absolute atomic E-state index is 14.1. The Bertz CT molecular complexity index is 1650. The third kappa shape index (κ3) is 10.2. The number of anilines is 1. The second kappa shape index (κ2) is 15.2. The van der Waals surface area contributed by atoms with Crippen LogP contribution in [-0.4, -0.2) is 49.2 Å². The SMILES string of the molecule is CCN(C(=O)c1ccc(CC(C)(C)NCC(=O)OC(C)(C)C)cc1)c1cc(OC)ccc1C1CCc2cc(OC(=O)C(C)(C)C)ccc2C1. The molecule has 1 unspecified atom stereocenters. The van der Waals surface area contributed by atoms with Gasteiger partial charge in [0.2, 0.25) is 0 Å². The lowest BCUT2D eigenvalue weighted by atomic mass is 9.79. The van der Waals surface area contributed by atoms with E-state index in [4.69, 9.17) is 14.2 Å². The summed E-state index contributed by atoms with van der Waals surface area (Å²) in [5.74, 6) is 0.866. The molecule has 0 radical (unpaired) electrons. The van der Waals surface area contributed by atoms with Crippen molar-refractivity contribution in [2.45, 2.75) is 105 Å². The number of rotatable bonds is 11. The van der Waals surface area contributed by atoms with Crippen LogP contribution >= 0.6 is 0 Å². The summed E-state index contributed by atoms with van der Waals surface area (Å²) in [6, 6.07) is 19.7. The second-order valence-corrected chi connectivity index (χ2v) is 15.7. The average Bonchev–Trinajstić information content (AvgIpc) is 3.03. The molecule has 0 saturated carbocycles. The lowest BCUT2D eigenvalue weighted by Gasteiger charge is -2.31. The standard InChI is InChI=1S/C41H54N2O6/c1-11-43(37(45)28-14-12-27(13-15-28)25-41(8,9)42-26-36(44)49-40(5,6)7)35-24-32(47-10)20-21-34(35)31-17-16-30-23-33(19-18-29(30)22-31)48-38(46)39(2,3)4/h12-15,18-21,23-24,31,42H,11,16-17,22,25-26H2,1-10H3. The molecule has 0 heterocycles. The van der Waals surface area contributed by atoms with Gasteiger partial charge in [-0.3, -0.25) is 14.4 Å². The van der Waals surface area contributed by atoms with E-state index in [0.29, 0.717) is 30.0 Å². The lowest BCUT2D eigenvalue weighted by molar-refractivity contribution is -0.154. The summed E-state index contributed by atoms with van der Waals surface area (Å²) in [6.45, 7) is 17.8. The van der Waals surface area contributed by atoms with Crippen LogP contribution in [0.1, 0.15) is 107 Å². The fraction of sp³-hybridized carbons (Fsp3) is 0.488. The van der Waals surface area contributed by atoms with Crippen molar-refractivity contribution in [2.24, 2.45) is 5.41 Å². The van der Waals surface area contributed by atoms with Gasteiger partial charge in [0.25, 0.3) is 5.91 Å². The number of ether oxygens (including phenoxy) is 3. The summed E-state index contributed by atoms with van der Waals surface area (Å²) in [5.41, 5.74) is 4.58. The van der Waals surface area contributed by atoms with Crippen molar-refractivity contribution < 1.29 is 28.6 Å². The highest BCUT2D eigenvalue weighted by Crippen LogP contribution is 2.40. The average molecular weight is 671 g/mol. The molecule has 0 bridgehead atoms. The van der Waals surface area contributed by atoms with Crippen LogP contribution < -0.4 is 19.7 Å². The summed E-state index contributed by atoms with van der Waals surface area (Å²) in [5, 5.41) is 3.30. The van der Waals surface area contributed by atoms with Gasteiger partial charge in [0, 0.05) is 23.7 Å². The topological polar surface area (TPSA) is 94.2 Å². The number of carbonyl (C=O) groups is 3. The maximum atomic E-state index is 14.1. The predicted molar refractivity (Wildman–Crippen MR) is 195 cm³/mol. The Hall–Kier alpha value is -4.17. The van der Waals surface area contributed by atoms with Gasteiger partial charge in [0.15, 0.2) is 0 Å². The number of hydrogen-bond acceptors (Lipinski definition) is 7. The predicted octanol–water partition coefficient (Wildman–Crippen LogP) is 7.84. The van der Waals surface area contributed by atoms with Crippen LogP contribution in [0.3, 0.4) is 0 Å². The third-order valence-electron chi connectivity index (χ3n) is 8.74. The molecule has 3 aromatic rings. The minimum Gasteiger partial charge on any atom is -0.497 e.